The van der Waals surface area contributed by atoms with Gasteiger partial charge in [-0.1, -0.05) is 0 Å². The number of hydrogen-bond donors (Lipinski definition) is 11. The van der Waals surface area contributed by atoms with Gasteiger partial charge in [0, 0.05) is 18.6 Å². The topological polar surface area (TPSA) is 325 Å². The summed E-state index contributed by atoms with van der Waals surface area (Å²) in [4.78, 5) is 0. The Morgan fingerprint density at radius 2 is 1.27 bits per heavy atom. The van der Waals surface area contributed by atoms with E-state index in [0.29, 0.717) is 0 Å². The first-order valence-electron chi connectivity index (χ1n) is 14.8. The number of nitrogens with two attached hydrogens (primary N) is 5. The Bertz CT molecular complexity index is 944. The second-order valence-electron chi connectivity index (χ2n) is 12.0. The molecule has 0 unspecified atom stereocenters. The van der Waals surface area contributed by atoms with Crippen molar-refractivity contribution < 1.29 is 68.5 Å². The molecule has 0 bridgehead atoms. The maximum Gasteiger partial charge on any atom is 0.187 e. The minimum atomic E-state index is -1.58. The van der Waals surface area contributed by atoms with Crippen molar-refractivity contribution in [2.45, 2.75) is 136 Å². The average molecular weight is 642 g/mol. The molecule has 0 spiro atoms. The van der Waals surface area contributed by atoms with E-state index in [1.165, 1.54) is 0 Å². The van der Waals surface area contributed by atoms with Crippen LogP contribution in [0.5, 0.6) is 0 Å². The van der Waals surface area contributed by atoms with Gasteiger partial charge in [0.05, 0.1) is 31.4 Å². The molecule has 4 aliphatic heterocycles. The molecular formula is C25H47N5O14. The van der Waals surface area contributed by atoms with Gasteiger partial charge in [-0.2, -0.15) is 0 Å². The van der Waals surface area contributed by atoms with Gasteiger partial charge in [-0.3, -0.25) is 0 Å². The summed E-state index contributed by atoms with van der Waals surface area (Å²) in [5.74, 6) is 0. The lowest BCUT2D eigenvalue weighted by Crippen LogP contribution is -2.69. The number of fused-ring (bicyclic) bond motifs is 1. The Hall–Kier alpha value is -0.760. The number of ether oxygens (including phenoxy) is 8. The Kier molecular flexibility index (Phi) is 11.1. The van der Waals surface area contributed by atoms with Crippen LogP contribution in [0.15, 0.2) is 0 Å². The molecule has 19 heteroatoms. The van der Waals surface area contributed by atoms with E-state index in [9.17, 15) is 30.6 Å². The first kappa shape index (κ1) is 34.6. The smallest absolute Gasteiger partial charge is 0.187 e. The van der Waals surface area contributed by atoms with E-state index in [4.69, 9.17) is 66.6 Å². The minimum absolute atomic E-state index is 0.113. The zero-order chi connectivity index (χ0) is 32.0. The van der Waals surface area contributed by atoms with E-state index in [-0.39, 0.29) is 19.6 Å². The van der Waals surface area contributed by atoms with Crippen LogP contribution in [-0.4, -0.2) is 173 Å². The van der Waals surface area contributed by atoms with E-state index in [0.717, 1.165) is 0 Å². The molecule has 4 saturated heterocycles. The van der Waals surface area contributed by atoms with E-state index in [1.807, 2.05) is 0 Å². The Morgan fingerprint density at radius 3 is 1.95 bits per heavy atom. The fourth-order valence-corrected chi connectivity index (χ4v) is 6.33. The van der Waals surface area contributed by atoms with Gasteiger partial charge in [-0.05, 0) is 13.3 Å². The van der Waals surface area contributed by atoms with Crippen LogP contribution in [0.2, 0.25) is 0 Å². The molecular weight excluding hydrogens is 594 g/mol. The average Bonchev–Trinajstić information content (AvgIpc) is 3.29. The van der Waals surface area contributed by atoms with Gasteiger partial charge in [0.15, 0.2) is 25.2 Å². The van der Waals surface area contributed by atoms with Gasteiger partial charge in [0.2, 0.25) is 0 Å². The molecule has 44 heavy (non-hydrogen) atoms. The number of aliphatic hydroxyl groups excluding tert-OH is 6. The first-order valence-corrected chi connectivity index (χ1v) is 14.8. The van der Waals surface area contributed by atoms with Crippen molar-refractivity contribution in [3.05, 3.63) is 0 Å². The van der Waals surface area contributed by atoms with E-state index in [2.05, 4.69) is 0 Å². The zero-order valence-corrected chi connectivity index (χ0v) is 24.2. The number of rotatable bonds is 8. The van der Waals surface area contributed by atoms with Crippen molar-refractivity contribution in [3.63, 3.8) is 0 Å². The summed E-state index contributed by atoms with van der Waals surface area (Å²) < 4.78 is 46.4. The van der Waals surface area contributed by atoms with Crippen molar-refractivity contribution >= 4 is 0 Å². The maximum absolute atomic E-state index is 11.2. The van der Waals surface area contributed by atoms with Crippen molar-refractivity contribution in [1.82, 2.24) is 0 Å². The fraction of sp³-hybridized carbons (Fsp3) is 1.00. The molecule has 0 aromatic rings. The molecule has 16 N–H and O–H groups in total. The van der Waals surface area contributed by atoms with Crippen LogP contribution in [0.1, 0.15) is 13.3 Å². The molecule has 5 rings (SSSR count). The number of aliphatic hydroxyl groups is 6. The van der Waals surface area contributed by atoms with Crippen LogP contribution in [0.3, 0.4) is 0 Å². The third kappa shape index (κ3) is 6.65. The molecule has 0 aromatic heterocycles. The molecule has 1 saturated carbocycles. The van der Waals surface area contributed by atoms with Gasteiger partial charge in [-0.25, -0.2) is 0 Å². The molecule has 19 nitrogen and oxygen atoms in total. The highest BCUT2D eigenvalue weighted by Crippen LogP contribution is 2.35. The fourth-order valence-electron chi connectivity index (χ4n) is 6.33. The highest BCUT2D eigenvalue weighted by atomic mass is 16.8. The third-order valence-electron chi connectivity index (χ3n) is 8.96. The van der Waals surface area contributed by atoms with Crippen molar-refractivity contribution in [1.29, 1.82) is 0 Å². The van der Waals surface area contributed by atoms with E-state index < -0.39 is 129 Å². The zero-order valence-electron chi connectivity index (χ0n) is 24.2. The van der Waals surface area contributed by atoms with E-state index in [1.54, 1.807) is 6.92 Å². The highest BCUT2D eigenvalue weighted by Gasteiger charge is 2.55. The summed E-state index contributed by atoms with van der Waals surface area (Å²) in [6.07, 6.45) is -18.8. The van der Waals surface area contributed by atoms with Crippen LogP contribution >= 0.6 is 0 Å². The third-order valence-corrected chi connectivity index (χ3v) is 8.96. The predicted molar refractivity (Wildman–Crippen MR) is 144 cm³/mol. The van der Waals surface area contributed by atoms with Gasteiger partial charge in [0.25, 0.3) is 0 Å². The molecule has 0 radical (unpaired) electrons. The molecule has 1 aliphatic carbocycles. The summed E-state index contributed by atoms with van der Waals surface area (Å²) in [5, 5.41) is 63.6. The summed E-state index contributed by atoms with van der Waals surface area (Å²) in [6, 6.07) is -3.96. The summed E-state index contributed by atoms with van der Waals surface area (Å²) >= 11 is 0. The van der Waals surface area contributed by atoms with Crippen LogP contribution in [-0.2, 0) is 37.9 Å². The Labute approximate surface area is 253 Å². The summed E-state index contributed by atoms with van der Waals surface area (Å²) in [5.41, 5.74) is 30.4. The lowest BCUT2D eigenvalue weighted by Gasteiger charge is -2.49. The number of hydrogen-bond acceptors (Lipinski definition) is 19. The lowest BCUT2D eigenvalue weighted by molar-refractivity contribution is -0.351. The normalized spacial score (nSPS) is 55.1. The second-order valence-corrected chi connectivity index (χ2v) is 12.0. The Morgan fingerprint density at radius 1 is 0.659 bits per heavy atom. The largest absolute Gasteiger partial charge is 0.394 e. The molecule has 20 atom stereocenters. The van der Waals surface area contributed by atoms with Gasteiger partial charge in [0.1, 0.15) is 67.1 Å². The van der Waals surface area contributed by atoms with Crippen molar-refractivity contribution in [2.75, 3.05) is 19.8 Å². The molecule has 0 amide bonds. The van der Waals surface area contributed by atoms with Crippen LogP contribution in [0, 0.1) is 0 Å². The molecule has 4 heterocycles. The van der Waals surface area contributed by atoms with Gasteiger partial charge < -0.3 is 97.2 Å². The Balaban J connectivity index is 1.29. The quantitative estimate of drug-likeness (QED) is 0.117. The standard InChI is InChI=1S/C25H47N5O14/c1-6-37-5-11-21(38-6)17(35)13(30)24(41-11)42-19-8(28)2-7(27)14(32)22(19)44-25-18(36)20(10(4-31)40-25)43-23-12(29)16(34)15(33)9(3-26)39-23/h6-25,31-36H,2-5,26-30H2,1H3/t6-,7+,8-,9-,10-,11-,12+,13-,14-,15+,16+,17-,18-,19+,20-,21-,22+,23+,24-,25+/m1/s1. The molecule has 0 aromatic carbocycles. The van der Waals surface area contributed by atoms with Gasteiger partial charge >= 0.3 is 0 Å². The monoisotopic (exact) mass is 641 g/mol. The molecule has 5 fully saturated rings. The van der Waals surface area contributed by atoms with Crippen molar-refractivity contribution in [3.8, 4) is 0 Å². The van der Waals surface area contributed by atoms with E-state index >= 15 is 0 Å². The first-order chi connectivity index (χ1) is 20.9. The lowest BCUT2D eigenvalue weighted by atomic mass is 9.84. The summed E-state index contributed by atoms with van der Waals surface area (Å²) in [7, 11) is 0. The maximum atomic E-state index is 11.2. The SMILES string of the molecule is C[C@@H]1OC[C@H]2O[C@H](O[C@@H]3[C@@H](O[C@@H]4O[C@H](CO)[C@@H](O[C@@H]5O[C@H](CN)[C@H](O)[C@@H](O)[C@@H]5N)[C@H]4O)[C@H](O)[C@@H](N)C[C@H]3N)[C@H](N)[C@@H](O)[C@@H]2O1. The van der Waals surface area contributed by atoms with Crippen molar-refractivity contribution in [2.24, 2.45) is 28.7 Å². The predicted octanol–water partition coefficient (Wildman–Crippen LogP) is -7.45. The molecule has 256 valence electrons. The summed E-state index contributed by atoms with van der Waals surface area (Å²) in [6.45, 7) is 1.01. The van der Waals surface area contributed by atoms with Crippen LogP contribution in [0.4, 0.5) is 0 Å². The van der Waals surface area contributed by atoms with Gasteiger partial charge in [-0.15, -0.1) is 0 Å². The molecule has 5 aliphatic rings. The van der Waals surface area contributed by atoms with Crippen LogP contribution < -0.4 is 28.7 Å². The van der Waals surface area contributed by atoms with Crippen LogP contribution in [0.25, 0.3) is 0 Å². The second kappa shape index (κ2) is 14.2. The minimum Gasteiger partial charge on any atom is -0.394 e. The highest BCUT2D eigenvalue weighted by molar-refractivity contribution is 5.02.